The Labute approximate surface area is 71.8 Å². The summed E-state index contributed by atoms with van der Waals surface area (Å²) in [6.45, 7) is 6.45. The highest BCUT2D eigenvalue weighted by Crippen LogP contribution is 2.15. The quantitative estimate of drug-likeness (QED) is 0.477. The minimum absolute atomic E-state index is 0.139. The third-order valence-electron chi connectivity index (χ3n) is 1.57. The van der Waals surface area contributed by atoms with Gasteiger partial charge < -0.3 is 4.90 Å². The highest BCUT2D eigenvalue weighted by Gasteiger charge is 2.22. The van der Waals surface area contributed by atoms with E-state index in [1.807, 2.05) is 11.0 Å². The Morgan fingerprint density at radius 2 is 2.55 bits per heavy atom. The first-order valence-electron chi connectivity index (χ1n) is 3.62. The number of nitrogens with zero attached hydrogens (tertiary/aromatic N) is 3. The molecule has 0 radical (unpaired) electrons. The molecule has 0 N–H and O–H groups in total. The van der Waals surface area contributed by atoms with Crippen molar-refractivity contribution < 1.29 is 0 Å². The highest BCUT2D eigenvalue weighted by molar-refractivity contribution is 7.80. The van der Waals surface area contributed by atoms with Gasteiger partial charge in [-0.3, -0.25) is 0 Å². The summed E-state index contributed by atoms with van der Waals surface area (Å²) in [7, 11) is 0. The standard InChI is InChI=1S/C7H11N3S/c1-3-5-10-6(4-2)8-9-7(10)11/h3,6H,1,4-5H2,2H3. The molecule has 60 valence electrons. The molecule has 0 aliphatic carbocycles. The Balaban J connectivity index is 2.61. The van der Waals surface area contributed by atoms with Crippen LogP contribution in [0.2, 0.25) is 0 Å². The fraction of sp³-hybridized carbons (Fsp3) is 0.571. The Hall–Kier alpha value is -0.770. The molecule has 1 unspecified atom stereocenters. The van der Waals surface area contributed by atoms with Crippen LogP contribution in [0, 0.1) is 0 Å². The predicted octanol–water partition coefficient (Wildman–Crippen LogP) is 1.96. The largest absolute Gasteiger partial charge is 0.318 e. The van der Waals surface area contributed by atoms with Crippen LogP contribution in [-0.4, -0.2) is 22.7 Å². The molecule has 0 bridgehead atoms. The maximum Gasteiger partial charge on any atom is 0.218 e. The van der Waals surface area contributed by atoms with Crippen molar-refractivity contribution in [1.82, 2.24) is 4.90 Å². The van der Waals surface area contributed by atoms with Crippen molar-refractivity contribution in [2.75, 3.05) is 6.54 Å². The van der Waals surface area contributed by atoms with Crippen LogP contribution in [-0.2, 0) is 0 Å². The molecule has 0 fully saturated rings. The van der Waals surface area contributed by atoms with E-state index in [1.165, 1.54) is 0 Å². The van der Waals surface area contributed by atoms with Gasteiger partial charge in [-0.05, 0) is 18.6 Å². The fourth-order valence-electron chi connectivity index (χ4n) is 1.00. The summed E-state index contributed by atoms with van der Waals surface area (Å²) >= 11 is 4.97. The van der Waals surface area contributed by atoms with Crippen molar-refractivity contribution in [3.05, 3.63) is 12.7 Å². The van der Waals surface area contributed by atoms with E-state index in [0.717, 1.165) is 13.0 Å². The molecule has 1 atom stereocenters. The first-order valence-corrected chi connectivity index (χ1v) is 4.02. The van der Waals surface area contributed by atoms with Crippen LogP contribution in [0.5, 0.6) is 0 Å². The van der Waals surface area contributed by atoms with Gasteiger partial charge in [-0.1, -0.05) is 13.0 Å². The number of azo groups is 1. The van der Waals surface area contributed by atoms with Crippen LogP contribution in [0.3, 0.4) is 0 Å². The average Bonchev–Trinajstić information content (AvgIpc) is 2.34. The van der Waals surface area contributed by atoms with Gasteiger partial charge in [-0.25, -0.2) is 0 Å². The summed E-state index contributed by atoms with van der Waals surface area (Å²) in [5.74, 6) is 0. The number of hydrogen-bond donors (Lipinski definition) is 0. The van der Waals surface area contributed by atoms with Gasteiger partial charge in [0.25, 0.3) is 0 Å². The van der Waals surface area contributed by atoms with Gasteiger partial charge in [-0.15, -0.1) is 11.7 Å². The van der Waals surface area contributed by atoms with E-state index in [2.05, 4.69) is 23.7 Å². The Bertz CT molecular complexity index is 200. The molecule has 0 aromatic carbocycles. The number of hydrogen-bond acceptors (Lipinski definition) is 2. The van der Waals surface area contributed by atoms with Gasteiger partial charge >= 0.3 is 0 Å². The van der Waals surface area contributed by atoms with Crippen LogP contribution in [0.4, 0.5) is 0 Å². The van der Waals surface area contributed by atoms with Gasteiger partial charge in [-0.2, -0.15) is 5.11 Å². The van der Waals surface area contributed by atoms with Crippen LogP contribution in [0.1, 0.15) is 13.3 Å². The Morgan fingerprint density at radius 1 is 1.82 bits per heavy atom. The van der Waals surface area contributed by atoms with Crippen molar-refractivity contribution in [3.63, 3.8) is 0 Å². The second-order valence-corrected chi connectivity index (χ2v) is 2.69. The zero-order chi connectivity index (χ0) is 8.27. The summed E-state index contributed by atoms with van der Waals surface area (Å²) < 4.78 is 0. The molecule has 0 spiro atoms. The molecule has 4 heteroatoms. The minimum Gasteiger partial charge on any atom is -0.318 e. The fourth-order valence-corrected chi connectivity index (χ4v) is 1.25. The van der Waals surface area contributed by atoms with E-state index in [0.29, 0.717) is 5.11 Å². The van der Waals surface area contributed by atoms with E-state index in [4.69, 9.17) is 12.2 Å². The maximum atomic E-state index is 4.97. The Morgan fingerprint density at radius 3 is 3.09 bits per heavy atom. The van der Waals surface area contributed by atoms with Crippen molar-refractivity contribution in [2.45, 2.75) is 19.5 Å². The molecule has 1 aliphatic rings. The van der Waals surface area contributed by atoms with Crippen LogP contribution in [0.15, 0.2) is 22.9 Å². The molecule has 0 saturated heterocycles. The summed E-state index contributed by atoms with van der Waals surface area (Å²) in [6, 6.07) is 0. The molecular formula is C7H11N3S. The van der Waals surface area contributed by atoms with Crippen molar-refractivity contribution in [1.29, 1.82) is 0 Å². The van der Waals surface area contributed by atoms with E-state index in [-0.39, 0.29) is 6.17 Å². The highest BCUT2D eigenvalue weighted by atomic mass is 32.1. The van der Waals surface area contributed by atoms with Crippen LogP contribution in [0.25, 0.3) is 0 Å². The third kappa shape index (κ3) is 1.63. The van der Waals surface area contributed by atoms with Crippen molar-refractivity contribution >= 4 is 17.3 Å². The molecule has 0 aromatic rings. The second-order valence-electron chi connectivity index (χ2n) is 2.33. The van der Waals surface area contributed by atoms with E-state index >= 15 is 0 Å². The number of rotatable bonds is 3. The average molecular weight is 169 g/mol. The van der Waals surface area contributed by atoms with Crippen LogP contribution < -0.4 is 0 Å². The zero-order valence-electron chi connectivity index (χ0n) is 6.53. The molecule has 1 aliphatic heterocycles. The predicted molar refractivity (Wildman–Crippen MR) is 48.4 cm³/mol. The van der Waals surface area contributed by atoms with E-state index in [1.54, 1.807) is 0 Å². The van der Waals surface area contributed by atoms with Crippen molar-refractivity contribution in [2.24, 2.45) is 10.2 Å². The molecule has 0 saturated carbocycles. The SMILES string of the molecule is C=CCN1C(=S)N=NC1CC. The minimum atomic E-state index is 0.139. The summed E-state index contributed by atoms with van der Waals surface area (Å²) in [5.41, 5.74) is 0. The lowest BCUT2D eigenvalue weighted by molar-refractivity contribution is 0.361. The van der Waals surface area contributed by atoms with Gasteiger partial charge in [0.05, 0.1) is 0 Å². The maximum absolute atomic E-state index is 4.97. The normalized spacial score (nSPS) is 22.8. The molecule has 11 heavy (non-hydrogen) atoms. The summed E-state index contributed by atoms with van der Waals surface area (Å²) in [4.78, 5) is 1.96. The first kappa shape index (κ1) is 8.33. The smallest absolute Gasteiger partial charge is 0.218 e. The molecule has 3 nitrogen and oxygen atoms in total. The molecule has 0 aromatic heterocycles. The molecule has 1 rings (SSSR count). The van der Waals surface area contributed by atoms with Gasteiger partial charge in [0.15, 0.2) is 0 Å². The Kier molecular flexibility index (Phi) is 2.70. The third-order valence-corrected chi connectivity index (χ3v) is 1.89. The lowest BCUT2D eigenvalue weighted by Gasteiger charge is -2.19. The van der Waals surface area contributed by atoms with Crippen molar-refractivity contribution in [3.8, 4) is 0 Å². The van der Waals surface area contributed by atoms with Crippen LogP contribution >= 0.6 is 12.2 Å². The van der Waals surface area contributed by atoms with Gasteiger partial charge in [0.2, 0.25) is 5.11 Å². The lowest BCUT2D eigenvalue weighted by atomic mass is 10.3. The monoisotopic (exact) mass is 169 g/mol. The summed E-state index contributed by atoms with van der Waals surface area (Å²) in [6.07, 6.45) is 2.89. The lowest BCUT2D eigenvalue weighted by Crippen LogP contribution is -2.32. The summed E-state index contributed by atoms with van der Waals surface area (Å²) in [5, 5.41) is 8.40. The van der Waals surface area contributed by atoms with E-state index < -0.39 is 0 Å². The zero-order valence-corrected chi connectivity index (χ0v) is 7.34. The second kappa shape index (κ2) is 3.57. The topological polar surface area (TPSA) is 28.0 Å². The van der Waals surface area contributed by atoms with E-state index in [9.17, 15) is 0 Å². The molecule has 0 amide bonds. The first-order chi connectivity index (χ1) is 5.29. The molecule has 1 heterocycles. The number of thiocarbonyl (C=S) groups is 1. The van der Waals surface area contributed by atoms with Gasteiger partial charge in [0, 0.05) is 6.54 Å². The van der Waals surface area contributed by atoms with Gasteiger partial charge in [0.1, 0.15) is 6.17 Å². The molecular weight excluding hydrogens is 158 g/mol.